The lowest BCUT2D eigenvalue weighted by atomic mass is 10.1. The molecule has 5 nitrogen and oxygen atoms in total. The highest BCUT2D eigenvalue weighted by Crippen LogP contribution is 2.34. The van der Waals surface area contributed by atoms with Crippen molar-refractivity contribution < 1.29 is 23.5 Å². The third-order valence-electron chi connectivity index (χ3n) is 3.81. The van der Waals surface area contributed by atoms with Crippen LogP contribution in [0.3, 0.4) is 0 Å². The summed E-state index contributed by atoms with van der Waals surface area (Å²) in [5.41, 5.74) is 0.454. The Balaban J connectivity index is 1.84. The van der Waals surface area contributed by atoms with E-state index in [0.29, 0.717) is 15.6 Å². The summed E-state index contributed by atoms with van der Waals surface area (Å²) in [5.74, 6) is -1.36. The van der Waals surface area contributed by atoms with Crippen LogP contribution in [0.4, 0.5) is 4.39 Å². The molecule has 0 saturated heterocycles. The molecular weight excluding hydrogens is 333 g/mol. The van der Waals surface area contributed by atoms with E-state index in [1.807, 2.05) is 0 Å². The number of carbonyl (C=O) groups excluding carboxylic acids is 2. The van der Waals surface area contributed by atoms with Gasteiger partial charge in [-0.25, -0.2) is 9.18 Å². The smallest absolute Gasteiger partial charge is 0.349 e. The Labute approximate surface area is 142 Å². The molecule has 0 unspecified atom stereocenters. The fourth-order valence-electron chi connectivity index (χ4n) is 2.43. The van der Waals surface area contributed by atoms with Crippen molar-refractivity contribution >= 4 is 33.3 Å². The summed E-state index contributed by atoms with van der Waals surface area (Å²) >= 11 is 1.14. The largest absolute Gasteiger partial charge is 0.448 e. The molecule has 0 bridgehead atoms. The number of thiophene rings is 1. The molecule has 1 N–H and O–H groups in total. The molecule has 1 aliphatic carbocycles. The van der Waals surface area contributed by atoms with Gasteiger partial charge < -0.3 is 14.8 Å². The second kappa shape index (κ2) is 6.86. The first-order chi connectivity index (χ1) is 11.5. The zero-order chi connectivity index (χ0) is 17.3. The molecule has 3 rings (SSSR count). The predicted molar refractivity (Wildman–Crippen MR) is 88.5 cm³/mol. The molecular formula is C17H18FNO4S. The lowest BCUT2D eigenvalue weighted by Gasteiger charge is -2.13. The number of nitrogens with one attached hydrogen (secondary N) is 1. The third kappa shape index (κ3) is 3.42. The lowest BCUT2D eigenvalue weighted by molar-refractivity contribution is -0.129. The average molecular weight is 351 g/mol. The fraction of sp³-hybridized carbons (Fsp3) is 0.412. The van der Waals surface area contributed by atoms with Gasteiger partial charge in [0, 0.05) is 28.8 Å². The number of hydrogen-bond acceptors (Lipinski definition) is 5. The number of esters is 1. The average Bonchev–Trinajstić information content (AvgIpc) is 3.27. The van der Waals surface area contributed by atoms with E-state index < -0.39 is 17.9 Å². The Morgan fingerprint density at radius 1 is 1.42 bits per heavy atom. The van der Waals surface area contributed by atoms with Crippen molar-refractivity contribution in [3.8, 4) is 0 Å². The normalized spacial score (nSPS) is 15.3. The molecule has 7 heteroatoms. The fourth-order valence-corrected chi connectivity index (χ4v) is 3.53. The molecule has 0 radical (unpaired) electrons. The number of rotatable bonds is 6. The molecule has 1 saturated carbocycles. The number of methoxy groups -OCH3 is 1. The van der Waals surface area contributed by atoms with Crippen molar-refractivity contribution in [2.75, 3.05) is 7.11 Å². The Morgan fingerprint density at radius 3 is 2.83 bits per heavy atom. The van der Waals surface area contributed by atoms with E-state index in [2.05, 4.69) is 5.32 Å². The molecule has 128 valence electrons. The van der Waals surface area contributed by atoms with Gasteiger partial charge in [0.1, 0.15) is 10.7 Å². The molecule has 1 atom stereocenters. The maximum atomic E-state index is 14.1. The Hall–Kier alpha value is -1.99. The number of fused-ring (bicyclic) bond motifs is 1. The SMILES string of the molecule is COCc1c(C(=O)O[C@H](C)C(=O)NC2CC2)sc2cccc(F)c12. The Bertz CT molecular complexity index is 784. The number of ether oxygens (including phenoxy) is 2. The van der Waals surface area contributed by atoms with Crippen LogP contribution in [-0.2, 0) is 20.9 Å². The highest BCUT2D eigenvalue weighted by molar-refractivity contribution is 7.21. The monoisotopic (exact) mass is 351 g/mol. The van der Waals surface area contributed by atoms with Gasteiger partial charge in [-0.05, 0) is 31.9 Å². The van der Waals surface area contributed by atoms with Gasteiger partial charge in [0.25, 0.3) is 5.91 Å². The van der Waals surface area contributed by atoms with E-state index in [1.54, 1.807) is 12.1 Å². The minimum atomic E-state index is -0.899. The lowest BCUT2D eigenvalue weighted by Crippen LogP contribution is -2.37. The van der Waals surface area contributed by atoms with Crippen molar-refractivity contribution in [2.24, 2.45) is 0 Å². The second-order valence-corrected chi connectivity index (χ2v) is 6.84. The van der Waals surface area contributed by atoms with Gasteiger partial charge in [0.15, 0.2) is 6.10 Å². The van der Waals surface area contributed by atoms with Gasteiger partial charge in [-0.1, -0.05) is 6.07 Å². The third-order valence-corrected chi connectivity index (χ3v) is 4.99. The molecule has 1 aromatic carbocycles. The molecule has 2 aromatic rings. The molecule has 1 amide bonds. The minimum absolute atomic E-state index is 0.0913. The molecule has 24 heavy (non-hydrogen) atoms. The summed E-state index contributed by atoms with van der Waals surface area (Å²) in [7, 11) is 1.48. The van der Waals surface area contributed by atoms with Gasteiger partial charge in [-0.15, -0.1) is 11.3 Å². The van der Waals surface area contributed by atoms with Crippen LogP contribution in [0, 0.1) is 5.82 Å². The first kappa shape index (κ1) is 16.9. The standard InChI is InChI=1S/C17H18FNO4S/c1-9(16(20)19-10-6-7-10)23-17(21)15-11(8-22-2)14-12(18)4-3-5-13(14)24-15/h3-5,9-10H,6-8H2,1-2H3,(H,19,20)/t9-/m1/s1. The Morgan fingerprint density at radius 2 is 2.17 bits per heavy atom. The van der Waals surface area contributed by atoms with Crippen LogP contribution in [0.15, 0.2) is 18.2 Å². The highest BCUT2D eigenvalue weighted by Gasteiger charge is 2.29. The van der Waals surface area contributed by atoms with E-state index in [4.69, 9.17) is 9.47 Å². The maximum Gasteiger partial charge on any atom is 0.349 e. The van der Waals surface area contributed by atoms with Gasteiger partial charge in [0.2, 0.25) is 0 Å². The van der Waals surface area contributed by atoms with Crippen LogP contribution in [0.5, 0.6) is 0 Å². The van der Waals surface area contributed by atoms with Crippen LogP contribution in [0.2, 0.25) is 0 Å². The van der Waals surface area contributed by atoms with Gasteiger partial charge in [-0.2, -0.15) is 0 Å². The van der Waals surface area contributed by atoms with Gasteiger partial charge in [-0.3, -0.25) is 4.79 Å². The zero-order valence-corrected chi connectivity index (χ0v) is 14.2. The Kier molecular flexibility index (Phi) is 4.82. The van der Waals surface area contributed by atoms with Crippen molar-refractivity contribution in [3.05, 3.63) is 34.5 Å². The number of hydrogen-bond donors (Lipinski definition) is 1. The van der Waals surface area contributed by atoms with Gasteiger partial charge in [0.05, 0.1) is 6.61 Å². The van der Waals surface area contributed by atoms with E-state index in [-0.39, 0.29) is 23.4 Å². The van der Waals surface area contributed by atoms with Crippen LogP contribution in [0.1, 0.15) is 35.0 Å². The molecule has 1 heterocycles. The topological polar surface area (TPSA) is 64.6 Å². The predicted octanol–water partition coefficient (Wildman–Crippen LogP) is 3.01. The van der Waals surface area contributed by atoms with E-state index in [1.165, 1.54) is 20.1 Å². The van der Waals surface area contributed by atoms with Crippen molar-refractivity contribution in [3.63, 3.8) is 0 Å². The molecule has 1 aromatic heterocycles. The first-order valence-corrected chi connectivity index (χ1v) is 8.53. The molecule has 1 fully saturated rings. The number of carbonyl (C=O) groups is 2. The summed E-state index contributed by atoms with van der Waals surface area (Å²) in [6.07, 6.45) is 1.02. The minimum Gasteiger partial charge on any atom is -0.448 e. The van der Waals surface area contributed by atoms with Crippen LogP contribution in [-0.4, -0.2) is 31.1 Å². The van der Waals surface area contributed by atoms with Crippen molar-refractivity contribution in [1.82, 2.24) is 5.32 Å². The molecule has 1 aliphatic rings. The molecule has 0 spiro atoms. The quantitative estimate of drug-likeness (QED) is 0.813. The van der Waals surface area contributed by atoms with Crippen LogP contribution in [0.25, 0.3) is 10.1 Å². The van der Waals surface area contributed by atoms with Crippen LogP contribution >= 0.6 is 11.3 Å². The highest BCUT2D eigenvalue weighted by atomic mass is 32.1. The molecule has 0 aliphatic heterocycles. The summed E-state index contributed by atoms with van der Waals surface area (Å²) < 4.78 is 25.1. The van der Waals surface area contributed by atoms with Crippen LogP contribution < -0.4 is 5.32 Å². The number of amides is 1. The summed E-state index contributed by atoms with van der Waals surface area (Å²) in [6, 6.07) is 4.86. The van der Waals surface area contributed by atoms with Crippen molar-refractivity contribution in [2.45, 2.75) is 38.5 Å². The van der Waals surface area contributed by atoms with E-state index in [9.17, 15) is 14.0 Å². The van der Waals surface area contributed by atoms with E-state index in [0.717, 1.165) is 24.2 Å². The summed E-state index contributed by atoms with van der Waals surface area (Å²) in [4.78, 5) is 24.7. The number of benzene rings is 1. The van der Waals surface area contributed by atoms with Crippen molar-refractivity contribution in [1.29, 1.82) is 0 Å². The summed E-state index contributed by atoms with van der Waals surface area (Å²) in [5, 5.41) is 3.16. The number of halogens is 1. The zero-order valence-electron chi connectivity index (χ0n) is 13.4. The maximum absolute atomic E-state index is 14.1. The van der Waals surface area contributed by atoms with E-state index >= 15 is 0 Å². The second-order valence-electron chi connectivity index (χ2n) is 5.79. The first-order valence-electron chi connectivity index (χ1n) is 7.71. The summed E-state index contributed by atoms with van der Waals surface area (Å²) in [6.45, 7) is 1.62. The van der Waals surface area contributed by atoms with Gasteiger partial charge >= 0.3 is 5.97 Å².